The van der Waals surface area contributed by atoms with Crippen LogP contribution in [0.4, 0.5) is 0 Å². The van der Waals surface area contributed by atoms with Gasteiger partial charge in [-0.2, -0.15) is 4.31 Å². The van der Waals surface area contributed by atoms with E-state index in [9.17, 15) is 8.42 Å². The van der Waals surface area contributed by atoms with E-state index in [-0.39, 0.29) is 16.2 Å². The molecule has 0 amide bonds. The molecule has 20 heavy (non-hydrogen) atoms. The summed E-state index contributed by atoms with van der Waals surface area (Å²) in [5, 5.41) is -0.0621. The number of methoxy groups -OCH3 is 1. The second-order valence-corrected chi connectivity index (χ2v) is 6.73. The predicted molar refractivity (Wildman–Crippen MR) is 76.5 cm³/mol. The summed E-state index contributed by atoms with van der Waals surface area (Å²) in [5.41, 5.74) is 0.490. The molecule has 1 unspecified atom stereocenters. The zero-order chi connectivity index (χ0) is 14.9. The molecular weight excluding hydrogens is 302 g/mol. The van der Waals surface area contributed by atoms with Crippen molar-refractivity contribution in [1.82, 2.24) is 13.7 Å². The second-order valence-electron chi connectivity index (χ2n) is 4.46. The molecule has 8 heteroatoms. The number of pyridine rings is 1. The van der Waals surface area contributed by atoms with Gasteiger partial charge < -0.3 is 4.74 Å². The third-order valence-electron chi connectivity index (χ3n) is 3.10. The van der Waals surface area contributed by atoms with E-state index in [0.29, 0.717) is 12.3 Å². The van der Waals surface area contributed by atoms with Gasteiger partial charge in [-0.1, -0.05) is 17.7 Å². The van der Waals surface area contributed by atoms with Crippen LogP contribution in [0.2, 0.25) is 5.15 Å². The average Bonchev–Trinajstić information content (AvgIpc) is 2.74. The van der Waals surface area contributed by atoms with Gasteiger partial charge in [-0.25, -0.2) is 13.4 Å². The SMILES string of the molecule is COCC(C)N(C)S(=O)(=O)c1c(Cl)nc2ccccn12. The molecule has 0 aliphatic rings. The highest BCUT2D eigenvalue weighted by atomic mass is 35.5. The van der Waals surface area contributed by atoms with Gasteiger partial charge >= 0.3 is 0 Å². The Morgan fingerprint density at radius 3 is 2.85 bits per heavy atom. The third kappa shape index (κ3) is 2.54. The van der Waals surface area contributed by atoms with Crippen LogP contribution in [0, 0.1) is 0 Å². The summed E-state index contributed by atoms with van der Waals surface area (Å²) in [5.74, 6) is 0. The topological polar surface area (TPSA) is 63.9 Å². The Hall–Kier alpha value is -1.15. The number of fused-ring (bicyclic) bond motifs is 1. The standard InChI is InChI=1S/C12H16ClN3O3S/c1-9(8-19-3)15(2)20(17,18)12-11(13)14-10-6-4-5-7-16(10)12/h4-7,9H,8H2,1-3H3. The summed E-state index contributed by atoms with van der Waals surface area (Å²) < 4.78 is 33.0. The average molecular weight is 318 g/mol. The second kappa shape index (κ2) is 5.69. The number of sulfonamides is 1. The summed E-state index contributed by atoms with van der Waals surface area (Å²) in [4.78, 5) is 4.06. The maximum absolute atomic E-state index is 12.7. The highest BCUT2D eigenvalue weighted by Crippen LogP contribution is 2.26. The van der Waals surface area contributed by atoms with E-state index < -0.39 is 10.0 Å². The fraction of sp³-hybridized carbons (Fsp3) is 0.417. The van der Waals surface area contributed by atoms with Crippen LogP contribution in [0.15, 0.2) is 29.4 Å². The number of imidazole rings is 1. The summed E-state index contributed by atoms with van der Waals surface area (Å²) >= 11 is 6.01. The minimum absolute atomic E-state index is 0.0276. The van der Waals surface area contributed by atoms with E-state index in [0.717, 1.165) is 0 Å². The Kier molecular flexibility index (Phi) is 4.33. The minimum atomic E-state index is -3.75. The largest absolute Gasteiger partial charge is 0.383 e. The molecule has 1 atom stereocenters. The molecule has 110 valence electrons. The van der Waals surface area contributed by atoms with Gasteiger partial charge in [-0.3, -0.25) is 4.40 Å². The van der Waals surface area contributed by atoms with Crippen molar-refractivity contribution in [2.24, 2.45) is 0 Å². The number of nitrogens with zero attached hydrogens (tertiary/aromatic N) is 3. The third-order valence-corrected chi connectivity index (χ3v) is 5.47. The van der Waals surface area contributed by atoms with Gasteiger partial charge in [0.1, 0.15) is 5.65 Å². The highest BCUT2D eigenvalue weighted by molar-refractivity contribution is 7.89. The molecule has 2 aromatic rings. The molecule has 0 aliphatic heterocycles. The zero-order valence-corrected chi connectivity index (χ0v) is 13.0. The van der Waals surface area contributed by atoms with E-state index in [1.807, 2.05) is 0 Å². The number of hydrogen-bond donors (Lipinski definition) is 0. The van der Waals surface area contributed by atoms with Crippen molar-refractivity contribution in [1.29, 1.82) is 0 Å². The van der Waals surface area contributed by atoms with Gasteiger partial charge in [-0.15, -0.1) is 0 Å². The van der Waals surface area contributed by atoms with Gasteiger partial charge in [0.25, 0.3) is 10.0 Å². The van der Waals surface area contributed by atoms with Crippen molar-refractivity contribution in [3.63, 3.8) is 0 Å². The van der Waals surface area contributed by atoms with Crippen LogP contribution in [-0.4, -0.2) is 48.9 Å². The first-order valence-electron chi connectivity index (χ1n) is 5.99. The summed E-state index contributed by atoms with van der Waals surface area (Å²) in [6.07, 6.45) is 1.62. The Morgan fingerprint density at radius 2 is 2.20 bits per heavy atom. The van der Waals surface area contributed by atoms with E-state index in [4.69, 9.17) is 16.3 Å². The lowest BCUT2D eigenvalue weighted by Gasteiger charge is -2.23. The first-order valence-corrected chi connectivity index (χ1v) is 7.81. The van der Waals surface area contributed by atoms with Crippen LogP contribution < -0.4 is 0 Å². The Bertz CT molecular complexity index is 714. The van der Waals surface area contributed by atoms with Crippen LogP contribution in [-0.2, 0) is 14.8 Å². The van der Waals surface area contributed by atoms with Crippen molar-refractivity contribution in [2.75, 3.05) is 20.8 Å². The zero-order valence-electron chi connectivity index (χ0n) is 11.4. The molecule has 6 nitrogen and oxygen atoms in total. The Balaban J connectivity index is 2.54. The molecule has 0 saturated carbocycles. The van der Waals surface area contributed by atoms with Gasteiger partial charge in [0.2, 0.25) is 0 Å². The normalized spacial score (nSPS) is 14.1. The van der Waals surface area contributed by atoms with Crippen molar-refractivity contribution >= 4 is 27.3 Å². The quantitative estimate of drug-likeness (QED) is 0.841. The van der Waals surface area contributed by atoms with Crippen LogP contribution in [0.1, 0.15) is 6.92 Å². The van der Waals surface area contributed by atoms with Gasteiger partial charge in [0.15, 0.2) is 10.2 Å². The molecule has 2 rings (SSSR count). The maximum Gasteiger partial charge on any atom is 0.262 e. The fourth-order valence-electron chi connectivity index (χ4n) is 1.89. The maximum atomic E-state index is 12.7. The molecule has 2 heterocycles. The molecule has 0 radical (unpaired) electrons. The summed E-state index contributed by atoms with van der Waals surface area (Å²) in [6.45, 7) is 2.06. The molecular formula is C12H16ClN3O3S. The van der Waals surface area contributed by atoms with Gasteiger partial charge in [-0.05, 0) is 19.1 Å². The van der Waals surface area contributed by atoms with Crippen molar-refractivity contribution in [2.45, 2.75) is 18.0 Å². The van der Waals surface area contributed by atoms with Crippen LogP contribution in [0.3, 0.4) is 0 Å². The molecule has 0 N–H and O–H groups in total. The fourth-order valence-corrected chi connectivity index (χ4v) is 3.83. The molecule has 0 saturated heterocycles. The van der Waals surface area contributed by atoms with Crippen LogP contribution >= 0.6 is 11.6 Å². The van der Waals surface area contributed by atoms with Crippen LogP contribution in [0.25, 0.3) is 5.65 Å². The van der Waals surface area contributed by atoms with Crippen molar-refractivity contribution in [3.05, 3.63) is 29.5 Å². The molecule has 2 aromatic heterocycles. The first-order chi connectivity index (χ1) is 9.39. The smallest absolute Gasteiger partial charge is 0.262 e. The number of hydrogen-bond acceptors (Lipinski definition) is 4. The van der Waals surface area contributed by atoms with E-state index in [1.165, 1.54) is 22.9 Å². The predicted octanol–water partition coefficient (Wildman–Crippen LogP) is 1.64. The number of aromatic nitrogens is 2. The number of likely N-dealkylation sites (N-methyl/N-ethyl adjacent to an activating group) is 1. The molecule has 0 aromatic carbocycles. The highest BCUT2D eigenvalue weighted by Gasteiger charge is 2.31. The van der Waals surface area contributed by atoms with Crippen molar-refractivity contribution in [3.8, 4) is 0 Å². The van der Waals surface area contributed by atoms with E-state index in [1.54, 1.807) is 31.3 Å². The van der Waals surface area contributed by atoms with Gasteiger partial charge in [0, 0.05) is 26.4 Å². The van der Waals surface area contributed by atoms with E-state index >= 15 is 0 Å². The Labute approximate surface area is 123 Å². The Morgan fingerprint density at radius 1 is 1.50 bits per heavy atom. The number of halogens is 1. The lowest BCUT2D eigenvalue weighted by Crippen LogP contribution is -2.38. The van der Waals surface area contributed by atoms with Gasteiger partial charge in [0.05, 0.1) is 6.61 Å². The number of rotatable bonds is 5. The lowest BCUT2D eigenvalue weighted by molar-refractivity contribution is 0.149. The minimum Gasteiger partial charge on any atom is -0.383 e. The van der Waals surface area contributed by atoms with Crippen LogP contribution in [0.5, 0.6) is 0 Å². The molecule has 0 aliphatic carbocycles. The summed E-state index contributed by atoms with van der Waals surface area (Å²) in [6, 6.07) is 4.88. The lowest BCUT2D eigenvalue weighted by atomic mass is 10.4. The molecule has 0 bridgehead atoms. The number of ether oxygens (including phenoxy) is 1. The monoisotopic (exact) mass is 317 g/mol. The molecule has 0 fully saturated rings. The van der Waals surface area contributed by atoms with Crippen molar-refractivity contribution < 1.29 is 13.2 Å². The van der Waals surface area contributed by atoms with E-state index in [2.05, 4.69) is 4.98 Å². The first kappa shape index (κ1) is 15.2. The molecule has 0 spiro atoms. The summed E-state index contributed by atoms with van der Waals surface area (Å²) in [7, 11) is -0.729.